The molecule has 0 bridgehead atoms. The molecule has 0 aliphatic heterocycles. The Labute approximate surface area is 159 Å². The molecular weight excluding hydrogens is 344 g/mol. The van der Waals surface area contributed by atoms with E-state index in [0.29, 0.717) is 24.5 Å². The Bertz CT molecular complexity index is 734. The Hall–Kier alpha value is -3.02. The predicted octanol–water partition coefficient (Wildman–Crippen LogP) is 3.20. The first-order valence-electron chi connectivity index (χ1n) is 9.14. The summed E-state index contributed by atoms with van der Waals surface area (Å²) >= 11 is 0. The Balaban J connectivity index is 1.86. The molecular formula is C21H26N2O4. The molecule has 0 aliphatic carbocycles. The lowest BCUT2D eigenvalue weighted by molar-refractivity contribution is -0.130. The van der Waals surface area contributed by atoms with Crippen molar-refractivity contribution in [1.82, 2.24) is 10.9 Å². The van der Waals surface area contributed by atoms with Crippen LogP contribution in [-0.2, 0) is 9.59 Å². The van der Waals surface area contributed by atoms with Gasteiger partial charge in [-0.2, -0.15) is 0 Å². The number of hydrogen-bond acceptors (Lipinski definition) is 4. The maximum atomic E-state index is 12.5. The van der Waals surface area contributed by atoms with Crippen LogP contribution in [0, 0.1) is 0 Å². The zero-order valence-electron chi connectivity index (χ0n) is 15.7. The Kier molecular flexibility index (Phi) is 8.16. The highest BCUT2D eigenvalue weighted by Gasteiger charge is 2.20. The lowest BCUT2D eigenvalue weighted by Gasteiger charge is -2.17. The van der Waals surface area contributed by atoms with Gasteiger partial charge in [0.1, 0.15) is 0 Å². The van der Waals surface area contributed by atoms with Gasteiger partial charge >= 0.3 is 0 Å². The predicted molar refractivity (Wildman–Crippen MR) is 103 cm³/mol. The molecule has 2 rings (SSSR count). The monoisotopic (exact) mass is 370 g/mol. The first-order valence-corrected chi connectivity index (χ1v) is 9.14. The highest BCUT2D eigenvalue weighted by Crippen LogP contribution is 2.26. The maximum absolute atomic E-state index is 12.5. The number of ether oxygens (including phenoxy) is 2. The minimum Gasteiger partial charge on any atom is -0.490 e. The second kappa shape index (κ2) is 10.9. The van der Waals surface area contributed by atoms with E-state index in [9.17, 15) is 9.59 Å². The third-order valence-electron chi connectivity index (χ3n) is 3.93. The van der Waals surface area contributed by atoms with E-state index in [0.717, 1.165) is 12.0 Å². The average Bonchev–Trinajstić information content (AvgIpc) is 2.70. The molecule has 27 heavy (non-hydrogen) atoms. The van der Waals surface area contributed by atoms with E-state index in [2.05, 4.69) is 10.9 Å². The smallest absolute Gasteiger partial charge is 0.276 e. The van der Waals surface area contributed by atoms with Gasteiger partial charge in [-0.15, -0.1) is 0 Å². The fourth-order valence-corrected chi connectivity index (χ4v) is 2.67. The van der Waals surface area contributed by atoms with Crippen LogP contribution >= 0.6 is 0 Å². The van der Waals surface area contributed by atoms with Crippen molar-refractivity contribution in [3.63, 3.8) is 0 Å². The van der Waals surface area contributed by atoms with Crippen molar-refractivity contribution in [1.29, 1.82) is 0 Å². The molecule has 2 N–H and O–H groups in total. The van der Waals surface area contributed by atoms with Crippen LogP contribution in [0.15, 0.2) is 54.6 Å². The zero-order chi connectivity index (χ0) is 19.5. The van der Waals surface area contributed by atoms with Crippen LogP contribution < -0.4 is 20.3 Å². The van der Waals surface area contributed by atoms with Gasteiger partial charge in [-0.1, -0.05) is 55.8 Å². The van der Waals surface area contributed by atoms with Gasteiger partial charge in [0.2, 0.25) is 5.91 Å². The fraction of sp³-hybridized carbons (Fsp3) is 0.333. The molecule has 0 aromatic heterocycles. The first-order chi connectivity index (χ1) is 13.2. The van der Waals surface area contributed by atoms with Gasteiger partial charge in [0.05, 0.1) is 12.5 Å². The van der Waals surface area contributed by atoms with Crippen LogP contribution in [0.5, 0.6) is 11.5 Å². The first kappa shape index (κ1) is 20.3. The molecule has 2 aromatic carbocycles. The van der Waals surface area contributed by atoms with Crippen LogP contribution in [0.1, 0.15) is 38.2 Å². The summed E-state index contributed by atoms with van der Waals surface area (Å²) in [6, 6.07) is 16.6. The summed E-state index contributed by atoms with van der Waals surface area (Å²) < 4.78 is 10.9. The number of para-hydroxylation sites is 2. The van der Waals surface area contributed by atoms with Crippen molar-refractivity contribution in [2.24, 2.45) is 0 Å². The molecule has 0 radical (unpaired) electrons. The SMILES string of the molecule is CCCC(C(=O)NNC(=O)COc1ccccc1OCC)c1ccccc1. The van der Waals surface area contributed by atoms with Crippen molar-refractivity contribution in [3.8, 4) is 11.5 Å². The number of hydrogen-bond donors (Lipinski definition) is 2. The molecule has 6 heteroatoms. The quantitative estimate of drug-likeness (QED) is 0.665. The molecule has 0 spiro atoms. The van der Waals surface area contributed by atoms with Gasteiger partial charge in [-0.05, 0) is 31.0 Å². The van der Waals surface area contributed by atoms with Gasteiger partial charge in [-0.3, -0.25) is 20.4 Å². The van der Waals surface area contributed by atoms with Gasteiger partial charge in [0, 0.05) is 0 Å². The molecule has 6 nitrogen and oxygen atoms in total. The summed E-state index contributed by atoms with van der Waals surface area (Å²) in [6.07, 6.45) is 1.56. The molecule has 2 aromatic rings. The van der Waals surface area contributed by atoms with E-state index < -0.39 is 5.91 Å². The summed E-state index contributed by atoms with van der Waals surface area (Å²) in [7, 11) is 0. The Morgan fingerprint density at radius 1 is 0.889 bits per heavy atom. The molecule has 0 aliphatic rings. The highest BCUT2D eigenvalue weighted by molar-refractivity contribution is 5.86. The normalized spacial score (nSPS) is 11.3. The van der Waals surface area contributed by atoms with Gasteiger partial charge in [-0.25, -0.2) is 0 Å². The van der Waals surface area contributed by atoms with E-state index in [-0.39, 0.29) is 18.4 Å². The maximum Gasteiger partial charge on any atom is 0.276 e. The number of benzene rings is 2. The van der Waals surface area contributed by atoms with Gasteiger partial charge in [0.25, 0.3) is 5.91 Å². The zero-order valence-corrected chi connectivity index (χ0v) is 15.7. The van der Waals surface area contributed by atoms with Gasteiger partial charge in [0.15, 0.2) is 18.1 Å². The minimum absolute atomic E-state index is 0.228. The van der Waals surface area contributed by atoms with Crippen LogP contribution in [0.25, 0.3) is 0 Å². The van der Waals surface area contributed by atoms with E-state index in [4.69, 9.17) is 9.47 Å². The molecule has 0 saturated heterocycles. The van der Waals surface area contributed by atoms with E-state index in [1.807, 2.05) is 50.2 Å². The lowest BCUT2D eigenvalue weighted by atomic mass is 9.94. The molecule has 1 unspecified atom stereocenters. The van der Waals surface area contributed by atoms with Crippen LogP contribution in [0.4, 0.5) is 0 Å². The number of rotatable bonds is 9. The number of amides is 2. The second-order valence-electron chi connectivity index (χ2n) is 5.96. The second-order valence-corrected chi connectivity index (χ2v) is 5.96. The molecule has 0 saturated carbocycles. The van der Waals surface area contributed by atoms with Gasteiger partial charge < -0.3 is 9.47 Å². The minimum atomic E-state index is -0.446. The molecule has 2 amide bonds. The molecule has 144 valence electrons. The molecule has 1 atom stereocenters. The summed E-state index contributed by atoms with van der Waals surface area (Å²) in [5.41, 5.74) is 5.82. The molecule has 0 fully saturated rings. The summed E-state index contributed by atoms with van der Waals surface area (Å²) in [5.74, 6) is 0.0538. The average molecular weight is 370 g/mol. The number of hydrazine groups is 1. The fourth-order valence-electron chi connectivity index (χ4n) is 2.67. The van der Waals surface area contributed by atoms with E-state index in [1.54, 1.807) is 18.2 Å². The highest BCUT2D eigenvalue weighted by atomic mass is 16.5. The van der Waals surface area contributed by atoms with Crippen LogP contribution in [0.3, 0.4) is 0 Å². The van der Waals surface area contributed by atoms with Crippen molar-refractivity contribution in [2.45, 2.75) is 32.6 Å². The summed E-state index contributed by atoms with van der Waals surface area (Å²) in [4.78, 5) is 24.5. The lowest BCUT2D eigenvalue weighted by Crippen LogP contribution is -2.45. The Morgan fingerprint density at radius 2 is 1.52 bits per heavy atom. The topological polar surface area (TPSA) is 76.7 Å². The standard InChI is InChI=1S/C21H26N2O4/c1-3-10-17(16-11-6-5-7-12-16)21(25)23-22-20(24)15-27-19-14-9-8-13-18(19)26-4-2/h5-9,11-14,17H,3-4,10,15H2,1-2H3,(H,22,24)(H,23,25). The van der Waals surface area contributed by atoms with Crippen molar-refractivity contribution in [2.75, 3.05) is 13.2 Å². The van der Waals surface area contributed by atoms with Crippen molar-refractivity contribution >= 4 is 11.8 Å². The van der Waals surface area contributed by atoms with Crippen molar-refractivity contribution in [3.05, 3.63) is 60.2 Å². The third kappa shape index (κ3) is 6.33. The number of carbonyl (C=O) groups is 2. The third-order valence-corrected chi connectivity index (χ3v) is 3.93. The molecule has 0 heterocycles. The number of nitrogens with one attached hydrogen (secondary N) is 2. The van der Waals surface area contributed by atoms with Crippen molar-refractivity contribution < 1.29 is 19.1 Å². The summed E-state index contributed by atoms with van der Waals surface area (Å²) in [6.45, 7) is 4.17. The largest absolute Gasteiger partial charge is 0.490 e. The van der Waals surface area contributed by atoms with E-state index in [1.165, 1.54) is 0 Å². The van der Waals surface area contributed by atoms with Crippen LogP contribution in [0.2, 0.25) is 0 Å². The van der Waals surface area contributed by atoms with E-state index >= 15 is 0 Å². The van der Waals surface area contributed by atoms with Crippen LogP contribution in [-0.4, -0.2) is 25.0 Å². The number of carbonyl (C=O) groups excluding carboxylic acids is 2. The summed E-state index contributed by atoms with van der Waals surface area (Å²) in [5, 5.41) is 0. The Morgan fingerprint density at radius 3 is 2.15 bits per heavy atom.